The number of ether oxygens (including phenoxy) is 2. The summed E-state index contributed by atoms with van der Waals surface area (Å²) in [5.74, 6) is 0.176. The molecule has 1 aromatic heterocycles. The van der Waals surface area contributed by atoms with Crippen LogP contribution in [0, 0.1) is 11.3 Å². The van der Waals surface area contributed by atoms with Gasteiger partial charge in [-0.05, 0) is 48.4 Å². The highest BCUT2D eigenvalue weighted by Crippen LogP contribution is 2.13. The van der Waals surface area contributed by atoms with Gasteiger partial charge < -0.3 is 14.0 Å². The molecule has 0 radical (unpaired) electrons. The first kappa shape index (κ1) is 23.7. The number of aromatic nitrogens is 2. The molecule has 7 heteroatoms. The van der Waals surface area contributed by atoms with Crippen molar-refractivity contribution in [1.29, 1.82) is 5.26 Å². The molecule has 0 aliphatic heterocycles. The molecular weight excluding hydrogens is 442 g/mol. The quantitative estimate of drug-likeness (QED) is 0.258. The minimum atomic E-state index is -0.418. The molecule has 0 fully saturated rings. The zero-order chi connectivity index (χ0) is 24.5. The minimum Gasteiger partial charge on any atom is -0.490 e. The highest BCUT2D eigenvalue weighted by atomic mass is 16.6. The molecule has 0 saturated carbocycles. The zero-order valence-electron chi connectivity index (χ0n) is 19.2. The first-order chi connectivity index (χ1) is 17.1. The summed E-state index contributed by atoms with van der Waals surface area (Å²) in [7, 11) is 0. The third-order valence-corrected chi connectivity index (χ3v) is 5.55. The first-order valence-corrected chi connectivity index (χ1v) is 11.4. The molecule has 0 bridgehead atoms. The number of nitrogens with zero attached hydrogens (tertiary/aromatic N) is 3. The van der Waals surface area contributed by atoms with Gasteiger partial charge in [0.1, 0.15) is 24.7 Å². The van der Waals surface area contributed by atoms with Gasteiger partial charge in [0.15, 0.2) is 0 Å². The van der Waals surface area contributed by atoms with E-state index in [0.717, 1.165) is 23.0 Å². The summed E-state index contributed by atoms with van der Waals surface area (Å²) in [6.07, 6.45) is 0.968. The van der Waals surface area contributed by atoms with E-state index >= 15 is 0 Å². The smallest absolute Gasteiger partial charge is 0.306 e. The van der Waals surface area contributed by atoms with Gasteiger partial charge in [-0.15, -0.1) is 0 Å². The molecule has 3 aromatic carbocycles. The maximum absolute atomic E-state index is 13.2. The normalized spacial score (nSPS) is 10.6. The van der Waals surface area contributed by atoms with Crippen molar-refractivity contribution in [2.75, 3.05) is 13.2 Å². The highest BCUT2D eigenvalue weighted by molar-refractivity contribution is 5.75. The van der Waals surface area contributed by atoms with Crippen LogP contribution in [0.25, 0.3) is 11.0 Å². The van der Waals surface area contributed by atoms with E-state index in [-0.39, 0.29) is 31.6 Å². The zero-order valence-corrected chi connectivity index (χ0v) is 19.2. The van der Waals surface area contributed by atoms with Crippen LogP contribution in [0.15, 0.2) is 83.7 Å². The molecular formula is C28H25N3O4. The number of esters is 1. The molecule has 0 N–H and O–H groups in total. The number of aryl methyl sites for hydroxylation is 3. The number of hydrogen-bond acceptors (Lipinski definition) is 6. The lowest BCUT2D eigenvalue weighted by atomic mass is 10.1. The number of para-hydroxylation sites is 2. The number of rotatable bonds is 10. The van der Waals surface area contributed by atoms with Gasteiger partial charge in [-0.3, -0.25) is 9.59 Å². The first-order valence-electron chi connectivity index (χ1n) is 11.4. The van der Waals surface area contributed by atoms with Gasteiger partial charge in [0.05, 0.1) is 29.1 Å². The second kappa shape index (κ2) is 11.6. The van der Waals surface area contributed by atoms with E-state index in [1.807, 2.05) is 60.7 Å². The van der Waals surface area contributed by atoms with E-state index in [1.165, 1.54) is 0 Å². The Bertz CT molecular complexity index is 1390. The Morgan fingerprint density at radius 3 is 2.43 bits per heavy atom. The Labute approximate surface area is 203 Å². The van der Waals surface area contributed by atoms with Crippen LogP contribution in [0.4, 0.5) is 0 Å². The maximum atomic E-state index is 13.2. The number of fused-ring (bicyclic) bond motifs is 1. The molecule has 0 spiro atoms. The van der Waals surface area contributed by atoms with Crippen molar-refractivity contribution in [3.05, 3.63) is 106 Å². The lowest BCUT2D eigenvalue weighted by molar-refractivity contribution is -0.144. The van der Waals surface area contributed by atoms with Gasteiger partial charge in [-0.25, -0.2) is 4.98 Å². The van der Waals surface area contributed by atoms with Crippen LogP contribution in [0.1, 0.15) is 23.2 Å². The van der Waals surface area contributed by atoms with Crippen molar-refractivity contribution in [3.63, 3.8) is 0 Å². The predicted octanol–water partition coefficient (Wildman–Crippen LogP) is 4.07. The van der Waals surface area contributed by atoms with Crippen LogP contribution in [-0.2, 0) is 28.9 Å². The van der Waals surface area contributed by atoms with Crippen molar-refractivity contribution < 1.29 is 14.3 Å². The molecule has 0 unspecified atom stereocenters. The summed E-state index contributed by atoms with van der Waals surface area (Å²) in [5.41, 5.74) is 3.36. The van der Waals surface area contributed by atoms with Gasteiger partial charge in [0, 0.05) is 13.0 Å². The second-order valence-electron chi connectivity index (χ2n) is 7.94. The Kier molecular flexibility index (Phi) is 7.87. The standard InChI is InChI=1S/C28H25N3O4/c29-20-22-10-12-23(13-11-22)34-18-19-35-27(32)15-14-25-28(33)31(17-16-21-6-2-1-3-7-21)26-9-5-4-8-24(26)30-25/h1-13H,14-19H2. The van der Waals surface area contributed by atoms with Crippen LogP contribution in [0.3, 0.4) is 0 Å². The Morgan fingerprint density at radius 2 is 1.66 bits per heavy atom. The number of benzene rings is 3. The molecule has 7 nitrogen and oxygen atoms in total. The molecule has 0 atom stereocenters. The van der Waals surface area contributed by atoms with Crippen molar-refractivity contribution in [1.82, 2.24) is 9.55 Å². The Balaban J connectivity index is 1.35. The topological polar surface area (TPSA) is 94.2 Å². The summed E-state index contributed by atoms with van der Waals surface area (Å²) < 4.78 is 12.5. The lowest BCUT2D eigenvalue weighted by Gasteiger charge is -2.12. The van der Waals surface area contributed by atoms with Gasteiger partial charge >= 0.3 is 5.97 Å². The van der Waals surface area contributed by atoms with Gasteiger partial charge in [0.2, 0.25) is 0 Å². The molecule has 4 aromatic rings. The van der Waals surface area contributed by atoms with Gasteiger partial charge in [-0.1, -0.05) is 42.5 Å². The summed E-state index contributed by atoms with van der Waals surface area (Å²) in [5, 5.41) is 8.82. The van der Waals surface area contributed by atoms with Gasteiger partial charge in [-0.2, -0.15) is 5.26 Å². The third-order valence-electron chi connectivity index (χ3n) is 5.55. The Morgan fingerprint density at radius 1 is 0.914 bits per heavy atom. The highest BCUT2D eigenvalue weighted by Gasteiger charge is 2.13. The van der Waals surface area contributed by atoms with Crippen LogP contribution in [0.5, 0.6) is 5.75 Å². The maximum Gasteiger partial charge on any atom is 0.306 e. The molecule has 1 heterocycles. The van der Waals surface area contributed by atoms with E-state index in [4.69, 9.17) is 14.7 Å². The molecule has 0 amide bonds. The van der Waals surface area contributed by atoms with Crippen molar-refractivity contribution in [2.45, 2.75) is 25.8 Å². The van der Waals surface area contributed by atoms with Crippen molar-refractivity contribution in [3.8, 4) is 11.8 Å². The molecule has 0 aliphatic rings. The fourth-order valence-corrected chi connectivity index (χ4v) is 3.75. The van der Waals surface area contributed by atoms with E-state index in [1.54, 1.807) is 28.8 Å². The third kappa shape index (κ3) is 6.33. The predicted molar refractivity (Wildman–Crippen MR) is 132 cm³/mol. The largest absolute Gasteiger partial charge is 0.490 e. The van der Waals surface area contributed by atoms with Crippen LogP contribution >= 0.6 is 0 Å². The monoisotopic (exact) mass is 467 g/mol. The number of nitriles is 1. The average Bonchev–Trinajstić information content (AvgIpc) is 2.90. The lowest BCUT2D eigenvalue weighted by Crippen LogP contribution is -2.27. The molecule has 0 aliphatic carbocycles. The molecule has 176 valence electrons. The number of hydrogen-bond donors (Lipinski definition) is 0. The fourth-order valence-electron chi connectivity index (χ4n) is 3.75. The average molecular weight is 468 g/mol. The number of carbonyl (C=O) groups excluding carboxylic acids is 1. The fraction of sp³-hybridized carbons (Fsp3) is 0.214. The van der Waals surface area contributed by atoms with E-state index < -0.39 is 5.97 Å². The molecule has 0 saturated heterocycles. The van der Waals surface area contributed by atoms with Crippen LogP contribution < -0.4 is 10.3 Å². The van der Waals surface area contributed by atoms with E-state index in [2.05, 4.69) is 4.98 Å². The molecule has 35 heavy (non-hydrogen) atoms. The summed E-state index contributed by atoms with van der Waals surface area (Å²) in [4.78, 5) is 29.9. The summed E-state index contributed by atoms with van der Waals surface area (Å²) in [6, 6.07) is 26.3. The van der Waals surface area contributed by atoms with Crippen LogP contribution in [0.2, 0.25) is 0 Å². The Hall–Kier alpha value is -4.44. The SMILES string of the molecule is N#Cc1ccc(OCCOC(=O)CCc2nc3ccccc3n(CCc3ccccc3)c2=O)cc1. The van der Waals surface area contributed by atoms with Gasteiger partial charge in [0.25, 0.3) is 5.56 Å². The second-order valence-corrected chi connectivity index (χ2v) is 7.94. The summed E-state index contributed by atoms with van der Waals surface area (Å²) in [6.45, 7) is 0.805. The number of carbonyl (C=O) groups is 1. The minimum absolute atomic E-state index is 0.0517. The van der Waals surface area contributed by atoms with E-state index in [9.17, 15) is 9.59 Å². The van der Waals surface area contributed by atoms with Crippen molar-refractivity contribution >= 4 is 17.0 Å². The molecule has 4 rings (SSSR count). The van der Waals surface area contributed by atoms with Crippen LogP contribution in [-0.4, -0.2) is 28.7 Å². The van der Waals surface area contributed by atoms with E-state index in [0.29, 0.717) is 23.6 Å². The summed E-state index contributed by atoms with van der Waals surface area (Å²) >= 11 is 0. The van der Waals surface area contributed by atoms with Crippen molar-refractivity contribution in [2.24, 2.45) is 0 Å².